The number of rotatable bonds is 7. The van der Waals surface area contributed by atoms with Crippen LogP contribution in [-0.2, 0) is 11.2 Å². The summed E-state index contributed by atoms with van der Waals surface area (Å²) in [5.41, 5.74) is 1.64. The van der Waals surface area contributed by atoms with Crippen molar-refractivity contribution in [3.63, 3.8) is 0 Å². The molecule has 3 rings (SSSR count). The number of hydrogen-bond donors (Lipinski definition) is 1. The van der Waals surface area contributed by atoms with Crippen molar-refractivity contribution in [3.8, 4) is 11.5 Å². The van der Waals surface area contributed by atoms with E-state index in [0.717, 1.165) is 18.4 Å². The lowest BCUT2D eigenvalue weighted by Gasteiger charge is -2.32. The molecule has 1 unspecified atom stereocenters. The van der Waals surface area contributed by atoms with Crippen LogP contribution in [0.2, 0.25) is 5.02 Å². The van der Waals surface area contributed by atoms with E-state index in [4.69, 9.17) is 21.1 Å². The maximum absolute atomic E-state index is 12.7. The van der Waals surface area contributed by atoms with Crippen molar-refractivity contribution < 1.29 is 19.1 Å². The van der Waals surface area contributed by atoms with Crippen LogP contribution >= 0.6 is 11.6 Å². The highest BCUT2D eigenvalue weighted by Gasteiger charge is 2.28. The van der Waals surface area contributed by atoms with Crippen molar-refractivity contribution in [1.82, 2.24) is 10.2 Å². The van der Waals surface area contributed by atoms with E-state index in [9.17, 15) is 9.59 Å². The van der Waals surface area contributed by atoms with Gasteiger partial charge in [0.1, 0.15) is 0 Å². The molecule has 2 aromatic carbocycles. The smallest absolute Gasteiger partial charge is 0.253 e. The van der Waals surface area contributed by atoms with Gasteiger partial charge >= 0.3 is 0 Å². The number of piperidine rings is 1. The van der Waals surface area contributed by atoms with E-state index < -0.39 is 0 Å². The van der Waals surface area contributed by atoms with Gasteiger partial charge in [-0.15, -0.1) is 0 Å². The molecule has 0 aliphatic carbocycles. The second kappa shape index (κ2) is 10.3. The van der Waals surface area contributed by atoms with Crippen LogP contribution < -0.4 is 14.8 Å². The monoisotopic (exact) mass is 430 g/mol. The zero-order chi connectivity index (χ0) is 21.5. The summed E-state index contributed by atoms with van der Waals surface area (Å²) in [5.74, 6) is 1.09. The van der Waals surface area contributed by atoms with E-state index in [0.29, 0.717) is 48.1 Å². The van der Waals surface area contributed by atoms with Gasteiger partial charge in [0.25, 0.3) is 5.91 Å². The first-order chi connectivity index (χ1) is 14.5. The van der Waals surface area contributed by atoms with Gasteiger partial charge in [-0.25, -0.2) is 0 Å². The Balaban J connectivity index is 1.51. The molecule has 30 heavy (non-hydrogen) atoms. The number of halogens is 1. The largest absolute Gasteiger partial charge is 0.493 e. The van der Waals surface area contributed by atoms with Crippen molar-refractivity contribution in [3.05, 3.63) is 58.6 Å². The zero-order valence-corrected chi connectivity index (χ0v) is 18.1. The van der Waals surface area contributed by atoms with E-state index >= 15 is 0 Å². The molecule has 0 aromatic heterocycles. The number of methoxy groups -OCH3 is 2. The lowest BCUT2D eigenvalue weighted by Crippen LogP contribution is -2.45. The fourth-order valence-electron chi connectivity index (χ4n) is 3.66. The predicted octanol–water partition coefficient (Wildman–Crippen LogP) is 3.57. The van der Waals surface area contributed by atoms with Gasteiger partial charge in [0.15, 0.2) is 11.5 Å². The Kier molecular flexibility index (Phi) is 7.57. The number of nitrogens with zero attached hydrogens (tertiary/aromatic N) is 1. The minimum atomic E-state index is -0.194. The summed E-state index contributed by atoms with van der Waals surface area (Å²) in [4.78, 5) is 27.1. The number of carbonyl (C=O) groups excluding carboxylic acids is 2. The molecule has 1 aliphatic heterocycles. The van der Waals surface area contributed by atoms with E-state index in [1.165, 1.54) is 0 Å². The summed E-state index contributed by atoms with van der Waals surface area (Å²) in [6, 6.07) is 12.6. The fourth-order valence-corrected chi connectivity index (χ4v) is 3.79. The molecular formula is C23H27ClN2O4. The molecule has 160 valence electrons. The van der Waals surface area contributed by atoms with Crippen molar-refractivity contribution >= 4 is 23.4 Å². The van der Waals surface area contributed by atoms with E-state index in [1.54, 1.807) is 43.4 Å². The molecule has 1 fully saturated rings. The van der Waals surface area contributed by atoms with Crippen LogP contribution in [0.3, 0.4) is 0 Å². The van der Waals surface area contributed by atoms with Crippen LogP contribution in [0.25, 0.3) is 0 Å². The van der Waals surface area contributed by atoms with Gasteiger partial charge < -0.3 is 19.7 Å². The topological polar surface area (TPSA) is 67.9 Å². The van der Waals surface area contributed by atoms with E-state index in [2.05, 4.69) is 5.32 Å². The number of ether oxygens (including phenoxy) is 2. The van der Waals surface area contributed by atoms with Gasteiger partial charge in [0, 0.05) is 30.2 Å². The minimum Gasteiger partial charge on any atom is -0.493 e. The van der Waals surface area contributed by atoms with Gasteiger partial charge in [-0.05, 0) is 61.2 Å². The average Bonchev–Trinajstić information content (AvgIpc) is 2.79. The Morgan fingerprint density at radius 2 is 1.83 bits per heavy atom. The molecule has 1 N–H and O–H groups in total. The third kappa shape index (κ3) is 5.45. The van der Waals surface area contributed by atoms with Crippen molar-refractivity contribution in [2.45, 2.75) is 19.3 Å². The minimum absolute atomic E-state index is 0.0101. The van der Waals surface area contributed by atoms with Crippen LogP contribution in [0.5, 0.6) is 11.5 Å². The molecular weight excluding hydrogens is 404 g/mol. The van der Waals surface area contributed by atoms with Gasteiger partial charge in [0.2, 0.25) is 5.91 Å². The lowest BCUT2D eigenvalue weighted by molar-refractivity contribution is -0.126. The van der Waals surface area contributed by atoms with E-state index in [1.807, 2.05) is 18.2 Å². The maximum Gasteiger partial charge on any atom is 0.253 e. The SMILES string of the molecule is COc1ccc(CCNC(=O)C2CCCN(C(=O)c3ccc(Cl)cc3)C2)cc1OC. The Hall–Kier alpha value is -2.73. The second-order valence-electron chi connectivity index (χ2n) is 7.33. The number of carbonyl (C=O) groups is 2. The first-order valence-electron chi connectivity index (χ1n) is 10.0. The zero-order valence-electron chi connectivity index (χ0n) is 17.3. The highest BCUT2D eigenvalue weighted by atomic mass is 35.5. The summed E-state index contributed by atoms with van der Waals surface area (Å²) in [5, 5.41) is 3.60. The maximum atomic E-state index is 12.7. The third-order valence-corrected chi connectivity index (χ3v) is 5.58. The molecule has 0 bridgehead atoms. The van der Waals surface area contributed by atoms with Crippen molar-refractivity contribution in [2.24, 2.45) is 5.92 Å². The highest BCUT2D eigenvalue weighted by Crippen LogP contribution is 2.27. The van der Waals surface area contributed by atoms with Gasteiger partial charge in [0.05, 0.1) is 20.1 Å². The van der Waals surface area contributed by atoms with Gasteiger partial charge in [-0.1, -0.05) is 17.7 Å². The Labute approximate surface area is 182 Å². The molecule has 1 saturated heterocycles. The Bertz CT molecular complexity index is 885. The standard InChI is InChI=1S/C23H27ClN2O4/c1-29-20-10-5-16(14-21(20)30-2)11-12-25-22(27)18-4-3-13-26(15-18)23(28)17-6-8-19(24)9-7-17/h5-10,14,18H,3-4,11-13,15H2,1-2H3,(H,25,27). The quantitative estimate of drug-likeness (QED) is 0.729. The molecule has 2 aromatic rings. The Morgan fingerprint density at radius 1 is 1.10 bits per heavy atom. The van der Waals surface area contributed by atoms with Gasteiger partial charge in [-0.3, -0.25) is 9.59 Å². The number of hydrogen-bond acceptors (Lipinski definition) is 4. The summed E-state index contributed by atoms with van der Waals surface area (Å²) in [6.45, 7) is 1.62. The number of nitrogens with one attached hydrogen (secondary N) is 1. The van der Waals surface area contributed by atoms with Crippen LogP contribution in [0.15, 0.2) is 42.5 Å². The highest BCUT2D eigenvalue weighted by molar-refractivity contribution is 6.30. The predicted molar refractivity (Wildman–Crippen MR) is 116 cm³/mol. The molecule has 1 heterocycles. The second-order valence-corrected chi connectivity index (χ2v) is 7.76. The summed E-state index contributed by atoms with van der Waals surface area (Å²) >= 11 is 5.90. The van der Waals surface area contributed by atoms with Crippen LogP contribution in [-0.4, -0.2) is 50.6 Å². The summed E-state index contributed by atoms with van der Waals surface area (Å²) in [7, 11) is 3.20. The molecule has 1 atom stereocenters. The molecule has 0 radical (unpaired) electrons. The van der Waals surface area contributed by atoms with E-state index in [-0.39, 0.29) is 17.7 Å². The Morgan fingerprint density at radius 3 is 2.53 bits per heavy atom. The molecule has 0 saturated carbocycles. The number of amides is 2. The molecule has 0 spiro atoms. The van der Waals surface area contributed by atoms with Crippen LogP contribution in [0.4, 0.5) is 0 Å². The molecule has 6 nitrogen and oxygen atoms in total. The summed E-state index contributed by atoms with van der Waals surface area (Å²) in [6.07, 6.45) is 2.28. The molecule has 1 aliphatic rings. The molecule has 2 amide bonds. The van der Waals surface area contributed by atoms with Crippen molar-refractivity contribution in [2.75, 3.05) is 33.9 Å². The first kappa shape index (κ1) is 22.0. The third-order valence-electron chi connectivity index (χ3n) is 5.33. The number of likely N-dealkylation sites (tertiary alicyclic amines) is 1. The van der Waals surface area contributed by atoms with Crippen molar-refractivity contribution in [1.29, 1.82) is 0 Å². The molecule has 7 heteroatoms. The summed E-state index contributed by atoms with van der Waals surface area (Å²) < 4.78 is 10.6. The van der Waals surface area contributed by atoms with Gasteiger partial charge in [-0.2, -0.15) is 0 Å². The van der Waals surface area contributed by atoms with Crippen LogP contribution in [0.1, 0.15) is 28.8 Å². The van der Waals surface area contributed by atoms with Crippen LogP contribution in [0, 0.1) is 5.92 Å². The number of benzene rings is 2. The normalized spacial score (nSPS) is 16.1. The first-order valence-corrected chi connectivity index (χ1v) is 10.4. The lowest BCUT2D eigenvalue weighted by atomic mass is 9.96. The average molecular weight is 431 g/mol. The fraction of sp³-hybridized carbons (Fsp3) is 0.391.